The Hall–Kier alpha value is -4.78. The van der Waals surface area contributed by atoms with Gasteiger partial charge in [0.25, 0.3) is 11.8 Å². The van der Waals surface area contributed by atoms with E-state index in [0.29, 0.717) is 22.4 Å². The van der Waals surface area contributed by atoms with Gasteiger partial charge in [0.05, 0.1) is 11.4 Å². The molecule has 0 bridgehead atoms. The summed E-state index contributed by atoms with van der Waals surface area (Å²) in [5, 5.41) is 34.1. The molecule has 0 saturated heterocycles. The molecule has 0 fully saturated rings. The third kappa shape index (κ3) is 10.2. The van der Waals surface area contributed by atoms with Crippen LogP contribution < -0.4 is 10.6 Å². The van der Waals surface area contributed by atoms with E-state index in [9.17, 15) is 24.9 Å². The lowest BCUT2D eigenvalue weighted by atomic mass is 10.1. The summed E-state index contributed by atoms with van der Waals surface area (Å²) in [5.41, 5.74) is 3.19. The summed E-state index contributed by atoms with van der Waals surface area (Å²) in [4.78, 5) is 23.7. The van der Waals surface area contributed by atoms with Gasteiger partial charge in [0.15, 0.2) is 0 Å². The quantitative estimate of drug-likeness (QED) is 0.137. The van der Waals surface area contributed by atoms with Crippen molar-refractivity contribution in [2.45, 2.75) is 41.5 Å². The molecule has 0 atom stereocenters. The van der Waals surface area contributed by atoms with Crippen LogP contribution in [0.1, 0.15) is 59.5 Å². The highest BCUT2D eigenvalue weighted by Gasteiger charge is 2.11. The lowest BCUT2D eigenvalue weighted by Gasteiger charge is -2.09. The molecule has 0 unspecified atom stereocenters. The first-order valence-electron chi connectivity index (χ1n) is 12.8. The molecular formula is C32H38N2O5. The van der Waals surface area contributed by atoms with Crippen LogP contribution >= 0.6 is 0 Å². The van der Waals surface area contributed by atoms with Gasteiger partial charge in [-0.2, -0.15) is 0 Å². The highest BCUT2D eigenvalue weighted by molar-refractivity contribution is 6.05. The molecular weight excluding hydrogens is 492 g/mol. The van der Waals surface area contributed by atoms with Crippen LogP contribution in [0.3, 0.4) is 0 Å². The second-order valence-corrected chi connectivity index (χ2v) is 7.82. The molecule has 0 aromatic heterocycles. The predicted molar refractivity (Wildman–Crippen MR) is 159 cm³/mol. The van der Waals surface area contributed by atoms with Gasteiger partial charge in [-0.05, 0) is 67.4 Å². The van der Waals surface area contributed by atoms with Crippen molar-refractivity contribution in [3.63, 3.8) is 0 Å². The van der Waals surface area contributed by atoms with E-state index in [1.807, 2.05) is 46.8 Å². The van der Waals surface area contributed by atoms with Gasteiger partial charge in [-0.15, -0.1) is 0 Å². The minimum Gasteiger partial charge on any atom is -0.508 e. The highest BCUT2D eigenvalue weighted by atomic mass is 16.3. The van der Waals surface area contributed by atoms with Crippen LogP contribution in [0.5, 0.6) is 17.2 Å². The monoisotopic (exact) mass is 530 g/mol. The van der Waals surface area contributed by atoms with Gasteiger partial charge in [0, 0.05) is 17.2 Å². The second kappa shape index (κ2) is 16.9. The Morgan fingerprint density at radius 3 is 1.44 bits per heavy atom. The first kappa shape index (κ1) is 32.2. The molecule has 7 heteroatoms. The Kier molecular flexibility index (Phi) is 13.9. The fraction of sp³-hybridized carbons (Fsp3) is 0.188. The van der Waals surface area contributed by atoms with Gasteiger partial charge < -0.3 is 26.0 Å². The Morgan fingerprint density at radius 1 is 0.538 bits per heavy atom. The molecule has 0 radical (unpaired) electrons. The number of carbonyl (C=O) groups is 2. The molecule has 4 rings (SSSR count). The molecule has 0 heterocycles. The molecule has 0 aliphatic carbocycles. The normalized spacial score (nSPS) is 9.28. The molecule has 0 aliphatic heterocycles. The molecule has 5 N–H and O–H groups in total. The fourth-order valence-electron chi connectivity index (χ4n) is 3.10. The van der Waals surface area contributed by atoms with E-state index >= 15 is 0 Å². The second-order valence-electron chi connectivity index (χ2n) is 7.82. The lowest BCUT2D eigenvalue weighted by Crippen LogP contribution is -2.11. The SMILES string of the molecule is CC.CC.Cc1cc(O)c(NC(=O)c2ccccc2)cc1O.Cc1ccc(O)c(NC(=O)c2ccccc2)c1. The summed E-state index contributed by atoms with van der Waals surface area (Å²) in [6, 6.07) is 25.3. The first-order valence-corrected chi connectivity index (χ1v) is 12.8. The number of hydrogen-bond acceptors (Lipinski definition) is 5. The largest absolute Gasteiger partial charge is 0.508 e. The zero-order valence-electron chi connectivity index (χ0n) is 23.3. The van der Waals surface area contributed by atoms with Crippen LogP contribution in [-0.2, 0) is 0 Å². The summed E-state index contributed by atoms with van der Waals surface area (Å²) in [6.45, 7) is 11.6. The molecule has 7 nitrogen and oxygen atoms in total. The van der Waals surface area contributed by atoms with Gasteiger partial charge >= 0.3 is 0 Å². The van der Waals surface area contributed by atoms with Crippen molar-refractivity contribution in [1.29, 1.82) is 0 Å². The molecule has 206 valence electrons. The third-order valence-corrected chi connectivity index (χ3v) is 5.03. The van der Waals surface area contributed by atoms with Gasteiger partial charge in [-0.25, -0.2) is 0 Å². The van der Waals surface area contributed by atoms with Gasteiger partial charge in [-0.1, -0.05) is 70.2 Å². The highest BCUT2D eigenvalue weighted by Crippen LogP contribution is 2.31. The van der Waals surface area contributed by atoms with Crippen LogP contribution in [0.2, 0.25) is 0 Å². The van der Waals surface area contributed by atoms with Gasteiger partial charge in [0.1, 0.15) is 17.2 Å². The Morgan fingerprint density at radius 2 is 0.974 bits per heavy atom. The number of anilines is 2. The van der Waals surface area contributed by atoms with Gasteiger partial charge in [-0.3, -0.25) is 9.59 Å². The molecule has 0 spiro atoms. The number of hydrogen-bond donors (Lipinski definition) is 5. The van der Waals surface area contributed by atoms with E-state index in [0.717, 1.165) is 5.56 Å². The van der Waals surface area contributed by atoms with Crippen molar-refractivity contribution in [1.82, 2.24) is 0 Å². The maximum atomic E-state index is 11.9. The zero-order valence-corrected chi connectivity index (χ0v) is 23.3. The number of carbonyl (C=O) groups excluding carboxylic acids is 2. The number of amides is 2. The van der Waals surface area contributed by atoms with E-state index < -0.39 is 0 Å². The Labute approximate surface area is 230 Å². The number of nitrogens with one attached hydrogen (secondary N) is 2. The molecule has 39 heavy (non-hydrogen) atoms. The summed E-state index contributed by atoms with van der Waals surface area (Å²) >= 11 is 0. The minimum atomic E-state index is -0.339. The van der Waals surface area contributed by atoms with Crippen molar-refractivity contribution in [2.24, 2.45) is 0 Å². The molecule has 2 amide bonds. The Bertz CT molecular complexity index is 1320. The fourth-order valence-corrected chi connectivity index (χ4v) is 3.10. The van der Waals surface area contributed by atoms with Crippen LogP contribution in [0.15, 0.2) is 91.0 Å². The third-order valence-electron chi connectivity index (χ3n) is 5.03. The van der Waals surface area contributed by atoms with Crippen molar-refractivity contribution >= 4 is 23.2 Å². The smallest absolute Gasteiger partial charge is 0.255 e. The number of phenolic OH excluding ortho intramolecular Hbond substituents is 3. The summed E-state index contributed by atoms with van der Waals surface area (Å²) in [6.07, 6.45) is 0. The minimum absolute atomic E-state index is 0.0242. The van der Waals surface area contributed by atoms with E-state index in [4.69, 9.17) is 0 Å². The number of aromatic hydroxyl groups is 3. The van der Waals surface area contributed by atoms with E-state index in [1.165, 1.54) is 12.1 Å². The molecule has 0 aliphatic rings. The average molecular weight is 531 g/mol. The number of rotatable bonds is 4. The van der Waals surface area contributed by atoms with Crippen LogP contribution in [0.4, 0.5) is 11.4 Å². The van der Waals surface area contributed by atoms with Crippen LogP contribution in [0.25, 0.3) is 0 Å². The average Bonchev–Trinajstić information content (AvgIpc) is 2.97. The van der Waals surface area contributed by atoms with Crippen LogP contribution in [-0.4, -0.2) is 27.1 Å². The molecule has 4 aromatic rings. The van der Waals surface area contributed by atoms with Crippen molar-refractivity contribution in [3.05, 3.63) is 113 Å². The van der Waals surface area contributed by atoms with E-state index in [-0.39, 0.29) is 34.8 Å². The standard InChI is InChI=1S/C14H13NO3.C14H13NO2.2C2H6/c1-9-7-13(17)11(8-12(9)16)15-14(18)10-5-3-2-4-6-10;1-10-7-8-13(16)12(9-10)15-14(17)11-5-3-2-4-6-11;2*1-2/h2-8,16-17H,1H3,(H,15,18);2-9,16H,1H3,(H,15,17);2*1-2H3. The van der Waals surface area contributed by atoms with Crippen molar-refractivity contribution in [2.75, 3.05) is 10.6 Å². The van der Waals surface area contributed by atoms with E-state index in [1.54, 1.807) is 73.7 Å². The van der Waals surface area contributed by atoms with Crippen molar-refractivity contribution < 1.29 is 24.9 Å². The zero-order chi connectivity index (χ0) is 29.4. The Balaban J connectivity index is 0.000000347. The maximum absolute atomic E-state index is 11.9. The first-order chi connectivity index (χ1) is 18.7. The number of phenols is 3. The number of benzene rings is 4. The summed E-state index contributed by atoms with van der Waals surface area (Å²) < 4.78 is 0. The number of aryl methyl sites for hydroxylation is 2. The molecule has 0 saturated carbocycles. The van der Waals surface area contributed by atoms with Crippen molar-refractivity contribution in [3.8, 4) is 17.2 Å². The van der Waals surface area contributed by atoms with Crippen LogP contribution in [0, 0.1) is 13.8 Å². The summed E-state index contributed by atoms with van der Waals surface area (Å²) in [5.74, 6) is -0.550. The predicted octanol–water partition coefficient (Wildman–Crippen LogP) is 7.66. The van der Waals surface area contributed by atoms with E-state index in [2.05, 4.69) is 10.6 Å². The lowest BCUT2D eigenvalue weighted by molar-refractivity contribution is 0.101. The van der Waals surface area contributed by atoms with Gasteiger partial charge in [0.2, 0.25) is 0 Å². The summed E-state index contributed by atoms with van der Waals surface area (Å²) in [7, 11) is 0. The molecule has 4 aromatic carbocycles. The topological polar surface area (TPSA) is 119 Å². The maximum Gasteiger partial charge on any atom is 0.255 e.